The average molecular weight is 490 g/mol. The molecule has 1 amide bonds. The Labute approximate surface area is 214 Å². The second kappa shape index (κ2) is 9.98. The minimum Gasteiger partial charge on any atom is -0.393 e. The van der Waals surface area contributed by atoms with Crippen molar-refractivity contribution in [3.05, 3.63) is 58.7 Å². The van der Waals surface area contributed by atoms with E-state index in [9.17, 15) is 14.7 Å². The molecule has 1 saturated carbocycles. The number of aliphatic hydroxyl groups excluding tert-OH is 1. The van der Waals surface area contributed by atoms with Gasteiger partial charge in [-0.15, -0.1) is 0 Å². The molecule has 1 aliphatic heterocycles. The number of hydrogen-bond acceptors (Lipinski definition) is 5. The lowest BCUT2D eigenvalue weighted by Crippen LogP contribution is -2.37. The van der Waals surface area contributed by atoms with E-state index in [1.54, 1.807) is 0 Å². The van der Waals surface area contributed by atoms with E-state index in [1.165, 1.54) is 0 Å². The summed E-state index contributed by atoms with van der Waals surface area (Å²) in [6.07, 6.45) is 5.37. The van der Waals surface area contributed by atoms with Crippen LogP contribution >= 0.6 is 0 Å². The number of carbonyl (C=O) groups is 2. The molecular weight excluding hydrogens is 450 g/mol. The van der Waals surface area contributed by atoms with Crippen LogP contribution in [0.25, 0.3) is 0 Å². The van der Waals surface area contributed by atoms with Crippen LogP contribution in [-0.4, -0.2) is 60.0 Å². The number of rotatable bonds is 8. The summed E-state index contributed by atoms with van der Waals surface area (Å²) in [4.78, 5) is 30.4. The van der Waals surface area contributed by atoms with Crippen LogP contribution < -0.4 is 10.2 Å². The first-order valence-corrected chi connectivity index (χ1v) is 13.5. The summed E-state index contributed by atoms with van der Waals surface area (Å²) in [5.74, 6) is 0.213. The molecule has 36 heavy (non-hydrogen) atoms. The average Bonchev–Trinajstić information content (AvgIpc) is 3.63. The summed E-state index contributed by atoms with van der Waals surface area (Å²) in [7, 11) is 0. The standard InChI is InChI=1S/C30H39N3O3/c1-20-5-6-21(29(36)31-23-7-8-23)18-27(20)33(14-4-13-32-15-11-25(34)12-16-32)24-9-10-26-22(17-24)19-30(2,3)28(26)35/h5-6,9-10,17-18,23,25,34H,4,7-8,11-16,19H2,1-3H3,(H,31,36). The van der Waals surface area contributed by atoms with Gasteiger partial charge in [0.25, 0.3) is 5.91 Å². The number of likely N-dealkylation sites (tertiary alicyclic amines) is 1. The highest BCUT2D eigenvalue weighted by atomic mass is 16.3. The normalized spacial score (nSPS) is 19.8. The number of aryl methyl sites for hydroxylation is 1. The Kier molecular flexibility index (Phi) is 6.92. The molecule has 1 saturated heterocycles. The third-order valence-corrected chi connectivity index (χ3v) is 7.98. The Hall–Kier alpha value is -2.70. The zero-order valence-corrected chi connectivity index (χ0v) is 21.8. The van der Waals surface area contributed by atoms with Crippen LogP contribution in [0, 0.1) is 12.3 Å². The lowest BCUT2D eigenvalue weighted by atomic mass is 9.89. The highest BCUT2D eigenvalue weighted by Crippen LogP contribution is 2.39. The van der Waals surface area contributed by atoms with Gasteiger partial charge in [0.2, 0.25) is 0 Å². The first-order chi connectivity index (χ1) is 17.2. The summed E-state index contributed by atoms with van der Waals surface area (Å²) in [6.45, 7) is 9.80. The van der Waals surface area contributed by atoms with Gasteiger partial charge in [-0.05, 0) is 93.5 Å². The molecule has 192 valence electrons. The van der Waals surface area contributed by atoms with Crippen molar-refractivity contribution in [3.8, 4) is 0 Å². The maximum absolute atomic E-state index is 12.8. The van der Waals surface area contributed by atoms with Crippen molar-refractivity contribution in [2.75, 3.05) is 31.1 Å². The zero-order chi connectivity index (χ0) is 25.4. The highest BCUT2D eigenvalue weighted by molar-refractivity contribution is 6.05. The number of nitrogens with one attached hydrogen (secondary N) is 1. The fourth-order valence-corrected chi connectivity index (χ4v) is 5.56. The van der Waals surface area contributed by atoms with Gasteiger partial charge < -0.3 is 20.2 Å². The minimum atomic E-state index is -0.360. The molecule has 2 aromatic carbocycles. The number of nitrogens with zero attached hydrogens (tertiary/aromatic N) is 2. The topological polar surface area (TPSA) is 72.9 Å². The zero-order valence-electron chi connectivity index (χ0n) is 21.8. The minimum absolute atomic E-state index is 0.00752. The number of anilines is 2. The number of carbonyl (C=O) groups excluding carboxylic acids is 2. The highest BCUT2D eigenvalue weighted by Gasteiger charge is 2.37. The van der Waals surface area contributed by atoms with Gasteiger partial charge in [-0.3, -0.25) is 9.59 Å². The van der Waals surface area contributed by atoms with Gasteiger partial charge in [-0.1, -0.05) is 19.9 Å². The Morgan fingerprint density at radius 2 is 1.86 bits per heavy atom. The second-order valence-electron chi connectivity index (χ2n) is 11.6. The third-order valence-electron chi connectivity index (χ3n) is 7.98. The van der Waals surface area contributed by atoms with E-state index in [1.807, 2.05) is 38.1 Å². The molecule has 5 rings (SSSR count). The maximum atomic E-state index is 12.8. The van der Waals surface area contributed by atoms with E-state index < -0.39 is 0 Å². The Morgan fingerprint density at radius 1 is 1.11 bits per heavy atom. The van der Waals surface area contributed by atoms with Crippen LogP contribution in [0.1, 0.15) is 77.8 Å². The molecule has 6 nitrogen and oxygen atoms in total. The summed E-state index contributed by atoms with van der Waals surface area (Å²) >= 11 is 0. The van der Waals surface area contributed by atoms with E-state index in [0.29, 0.717) is 11.6 Å². The Balaban J connectivity index is 1.42. The lowest BCUT2D eigenvalue weighted by molar-refractivity contribution is 0.0823. The molecular formula is C30H39N3O3. The smallest absolute Gasteiger partial charge is 0.251 e. The summed E-state index contributed by atoms with van der Waals surface area (Å²) in [5, 5.41) is 12.9. The van der Waals surface area contributed by atoms with Crippen LogP contribution in [0.5, 0.6) is 0 Å². The molecule has 3 aliphatic rings. The molecule has 2 fully saturated rings. The molecule has 2 N–H and O–H groups in total. The molecule has 2 aliphatic carbocycles. The van der Waals surface area contributed by atoms with E-state index in [4.69, 9.17) is 0 Å². The van der Waals surface area contributed by atoms with Crippen LogP contribution in [0.2, 0.25) is 0 Å². The van der Waals surface area contributed by atoms with Gasteiger partial charge in [0.05, 0.1) is 6.10 Å². The number of fused-ring (bicyclic) bond motifs is 1. The van der Waals surface area contributed by atoms with Gasteiger partial charge in [-0.2, -0.15) is 0 Å². The second-order valence-corrected chi connectivity index (χ2v) is 11.6. The Bertz CT molecular complexity index is 1150. The summed E-state index contributed by atoms with van der Waals surface area (Å²) in [6, 6.07) is 12.5. The number of aliphatic hydroxyl groups is 1. The number of benzene rings is 2. The van der Waals surface area contributed by atoms with Gasteiger partial charge in [-0.25, -0.2) is 0 Å². The molecule has 1 heterocycles. The first-order valence-electron chi connectivity index (χ1n) is 13.5. The molecule has 0 spiro atoms. The van der Waals surface area contributed by atoms with Crippen molar-refractivity contribution >= 4 is 23.1 Å². The maximum Gasteiger partial charge on any atom is 0.251 e. The van der Waals surface area contributed by atoms with Crippen LogP contribution in [0.3, 0.4) is 0 Å². The van der Waals surface area contributed by atoms with Crippen LogP contribution in [0.15, 0.2) is 36.4 Å². The number of amides is 1. The van der Waals surface area contributed by atoms with Crippen molar-refractivity contribution < 1.29 is 14.7 Å². The van der Waals surface area contributed by atoms with Crippen molar-refractivity contribution in [2.24, 2.45) is 5.41 Å². The van der Waals surface area contributed by atoms with Crippen molar-refractivity contribution in [3.63, 3.8) is 0 Å². The number of Topliss-reactive ketones (excluding diaryl/α,β-unsaturated/α-hetero) is 1. The predicted octanol–water partition coefficient (Wildman–Crippen LogP) is 4.64. The molecule has 0 bridgehead atoms. The van der Waals surface area contributed by atoms with Crippen LogP contribution in [-0.2, 0) is 6.42 Å². The van der Waals surface area contributed by atoms with E-state index >= 15 is 0 Å². The number of ketones is 1. The number of piperidine rings is 1. The van der Waals surface area contributed by atoms with E-state index in [2.05, 4.69) is 34.2 Å². The Morgan fingerprint density at radius 3 is 2.58 bits per heavy atom. The van der Waals surface area contributed by atoms with Crippen molar-refractivity contribution in [1.82, 2.24) is 10.2 Å². The summed E-state index contributed by atoms with van der Waals surface area (Å²) in [5.41, 5.74) is 5.50. The summed E-state index contributed by atoms with van der Waals surface area (Å²) < 4.78 is 0. The van der Waals surface area contributed by atoms with Crippen LogP contribution in [0.4, 0.5) is 11.4 Å². The van der Waals surface area contributed by atoms with E-state index in [0.717, 1.165) is 92.8 Å². The van der Waals surface area contributed by atoms with Gasteiger partial charge in [0.15, 0.2) is 5.78 Å². The molecule has 0 radical (unpaired) electrons. The lowest BCUT2D eigenvalue weighted by Gasteiger charge is -2.32. The molecule has 0 unspecified atom stereocenters. The fourth-order valence-electron chi connectivity index (χ4n) is 5.56. The van der Waals surface area contributed by atoms with Crippen molar-refractivity contribution in [1.29, 1.82) is 0 Å². The predicted molar refractivity (Wildman–Crippen MR) is 143 cm³/mol. The third kappa shape index (κ3) is 5.35. The molecule has 0 aromatic heterocycles. The molecule has 2 aromatic rings. The van der Waals surface area contributed by atoms with E-state index in [-0.39, 0.29) is 23.2 Å². The molecule has 6 heteroatoms. The fraction of sp³-hybridized carbons (Fsp3) is 0.533. The van der Waals surface area contributed by atoms with Crippen molar-refractivity contribution in [2.45, 2.75) is 71.4 Å². The van der Waals surface area contributed by atoms with Gasteiger partial charge in [0, 0.05) is 53.6 Å². The molecule has 0 atom stereocenters. The largest absolute Gasteiger partial charge is 0.393 e. The van der Waals surface area contributed by atoms with Gasteiger partial charge in [0.1, 0.15) is 0 Å². The number of hydrogen-bond donors (Lipinski definition) is 2. The first kappa shape index (κ1) is 25.0. The monoisotopic (exact) mass is 489 g/mol. The quantitative estimate of drug-likeness (QED) is 0.565. The SMILES string of the molecule is Cc1ccc(C(=O)NC2CC2)cc1N(CCCN1CCC(O)CC1)c1ccc2c(c1)CC(C)(C)C2=O. The van der Waals surface area contributed by atoms with Gasteiger partial charge >= 0.3 is 0 Å².